The number of hydrogen-bond acceptors (Lipinski definition) is 4. The monoisotopic (exact) mass is 327 g/mol. The molecule has 0 aliphatic carbocycles. The Hall–Kier alpha value is -2.31. The highest BCUT2D eigenvalue weighted by Gasteiger charge is 2.31. The number of benzene rings is 1. The van der Waals surface area contributed by atoms with E-state index < -0.39 is 29.2 Å². The second-order valence-corrected chi connectivity index (χ2v) is 5.88. The standard InChI is InChI=1S/C16H22FNO5/c1-9(18-14(19)8-16(2,3)15(20)21)10-6-12(22-4)13(23-5)7-11(10)17/h6-7,9H,8H2,1-5H3,(H,18,19)(H,20,21). The summed E-state index contributed by atoms with van der Waals surface area (Å²) in [5.74, 6) is -1.50. The van der Waals surface area contributed by atoms with Crippen molar-refractivity contribution in [1.82, 2.24) is 5.32 Å². The summed E-state index contributed by atoms with van der Waals surface area (Å²) in [6, 6.07) is 1.98. The molecule has 0 saturated carbocycles. The smallest absolute Gasteiger partial charge is 0.309 e. The first kappa shape index (κ1) is 18.7. The van der Waals surface area contributed by atoms with Gasteiger partial charge in [0.2, 0.25) is 5.91 Å². The Kier molecular flexibility index (Phi) is 5.95. The molecule has 128 valence electrons. The van der Waals surface area contributed by atoms with Crippen LogP contribution >= 0.6 is 0 Å². The average Bonchev–Trinajstić information content (AvgIpc) is 2.45. The van der Waals surface area contributed by atoms with Crippen LogP contribution in [0.15, 0.2) is 12.1 Å². The summed E-state index contributed by atoms with van der Waals surface area (Å²) < 4.78 is 24.3. The SMILES string of the molecule is COc1cc(F)c(C(C)NC(=O)CC(C)(C)C(=O)O)cc1OC. The van der Waals surface area contributed by atoms with E-state index in [1.165, 1.54) is 40.2 Å². The summed E-state index contributed by atoms with van der Waals surface area (Å²) in [5.41, 5.74) is -0.968. The molecule has 0 aliphatic heterocycles. The average molecular weight is 327 g/mol. The largest absolute Gasteiger partial charge is 0.493 e. The van der Waals surface area contributed by atoms with Gasteiger partial charge in [-0.2, -0.15) is 0 Å². The van der Waals surface area contributed by atoms with E-state index in [2.05, 4.69) is 5.32 Å². The van der Waals surface area contributed by atoms with Crippen LogP contribution in [-0.2, 0) is 9.59 Å². The fraction of sp³-hybridized carbons (Fsp3) is 0.500. The topological polar surface area (TPSA) is 84.9 Å². The Labute approximate surface area is 134 Å². The van der Waals surface area contributed by atoms with Gasteiger partial charge in [-0.1, -0.05) is 0 Å². The maximum atomic E-state index is 14.1. The van der Waals surface area contributed by atoms with E-state index in [0.29, 0.717) is 5.75 Å². The number of aliphatic carboxylic acids is 1. The van der Waals surface area contributed by atoms with Crippen molar-refractivity contribution in [2.45, 2.75) is 33.2 Å². The van der Waals surface area contributed by atoms with Crippen molar-refractivity contribution in [3.05, 3.63) is 23.5 Å². The predicted octanol–water partition coefficient (Wildman–Crippen LogP) is 2.52. The van der Waals surface area contributed by atoms with Crippen molar-refractivity contribution in [2.24, 2.45) is 5.41 Å². The van der Waals surface area contributed by atoms with Crippen LogP contribution in [0, 0.1) is 11.2 Å². The van der Waals surface area contributed by atoms with Gasteiger partial charge in [-0.15, -0.1) is 0 Å². The molecule has 0 radical (unpaired) electrons. The first-order valence-electron chi connectivity index (χ1n) is 7.06. The zero-order valence-electron chi connectivity index (χ0n) is 13.9. The van der Waals surface area contributed by atoms with Gasteiger partial charge in [0, 0.05) is 18.1 Å². The maximum Gasteiger partial charge on any atom is 0.309 e. The third-order valence-corrected chi connectivity index (χ3v) is 3.53. The molecule has 0 aliphatic rings. The number of carboxylic acid groups (broad SMARTS) is 1. The van der Waals surface area contributed by atoms with Gasteiger partial charge in [0.25, 0.3) is 0 Å². The molecule has 0 bridgehead atoms. The highest BCUT2D eigenvalue weighted by atomic mass is 19.1. The van der Waals surface area contributed by atoms with Crippen molar-refractivity contribution >= 4 is 11.9 Å². The van der Waals surface area contributed by atoms with Crippen molar-refractivity contribution in [3.8, 4) is 11.5 Å². The van der Waals surface area contributed by atoms with Crippen LogP contribution in [-0.4, -0.2) is 31.2 Å². The summed E-state index contributed by atoms with van der Waals surface area (Å²) in [6.45, 7) is 4.52. The van der Waals surface area contributed by atoms with Gasteiger partial charge in [0.05, 0.1) is 25.7 Å². The highest BCUT2D eigenvalue weighted by molar-refractivity contribution is 5.84. The van der Waals surface area contributed by atoms with E-state index in [9.17, 15) is 14.0 Å². The lowest BCUT2D eigenvalue weighted by atomic mass is 9.89. The van der Waals surface area contributed by atoms with Crippen LogP contribution in [0.25, 0.3) is 0 Å². The molecule has 1 rings (SSSR count). The molecule has 1 aromatic rings. The number of halogens is 1. The number of carbonyl (C=O) groups is 2. The fourth-order valence-corrected chi connectivity index (χ4v) is 2.05. The predicted molar refractivity (Wildman–Crippen MR) is 82.1 cm³/mol. The normalized spacial score (nSPS) is 12.4. The van der Waals surface area contributed by atoms with Crippen molar-refractivity contribution in [2.75, 3.05) is 14.2 Å². The number of amides is 1. The Balaban J connectivity index is 2.92. The number of carboxylic acids is 1. The van der Waals surface area contributed by atoms with E-state index in [1.54, 1.807) is 6.92 Å². The van der Waals surface area contributed by atoms with Gasteiger partial charge >= 0.3 is 5.97 Å². The Bertz CT molecular complexity index is 600. The lowest BCUT2D eigenvalue weighted by molar-refractivity contribution is -0.149. The minimum atomic E-state index is -1.19. The number of ether oxygens (including phenoxy) is 2. The number of rotatable bonds is 7. The number of nitrogens with one attached hydrogen (secondary N) is 1. The van der Waals surface area contributed by atoms with Crippen molar-refractivity contribution in [1.29, 1.82) is 0 Å². The van der Waals surface area contributed by atoms with Gasteiger partial charge < -0.3 is 19.9 Å². The summed E-state index contributed by atoms with van der Waals surface area (Å²) in [5, 5.41) is 11.6. The fourth-order valence-electron chi connectivity index (χ4n) is 2.05. The zero-order valence-corrected chi connectivity index (χ0v) is 13.9. The quantitative estimate of drug-likeness (QED) is 0.804. The molecule has 1 amide bonds. The van der Waals surface area contributed by atoms with Crippen LogP contribution in [0.5, 0.6) is 11.5 Å². The van der Waals surface area contributed by atoms with E-state index in [-0.39, 0.29) is 17.7 Å². The first-order valence-corrected chi connectivity index (χ1v) is 7.06. The van der Waals surface area contributed by atoms with Gasteiger partial charge in [-0.3, -0.25) is 9.59 Å². The molecule has 0 fully saturated rings. The molecule has 6 nitrogen and oxygen atoms in total. The van der Waals surface area contributed by atoms with E-state index >= 15 is 0 Å². The second-order valence-electron chi connectivity index (χ2n) is 5.88. The van der Waals surface area contributed by atoms with Crippen LogP contribution < -0.4 is 14.8 Å². The van der Waals surface area contributed by atoms with Crippen molar-refractivity contribution < 1.29 is 28.6 Å². The summed E-state index contributed by atoms with van der Waals surface area (Å²) in [6.07, 6.45) is -0.207. The molecule has 23 heavy (non-hydrogen) atoms. The first-order chi connectivity index (χ1) is 10.6. The molecule has 0 spiro atoms. The highest BCUT2D eigenvalue weighted by Crippen LogP contribution is 2.32. The summed E-state index contributed by atoms with van der Waals surface area (Å²) >= 11 is 0. The van der Waals surface area contributed by atoms with Crippen molar-refractivity contribution in [3.63, 3.8) is 0 Å². The van der Waals surface area contributed by atoms with E-state index in [0.717, 1.165) is 0 Å². The molecule has 1 aromatic carbocycles. The minimum absolute atomic E-state index is 0.207. The molecule has 0 aromatic heterocycles. The molecular formula is C16H22FNO5. The summed E-state index contributed by atoms with van der Waals surface area (Å²) in [7, 11) is 2.83. The molecule has 7 heteroatoms. The molecule has 1 atom stereocenters. The molecule has 0 saturated heterocycles. The number of carbonyl (C=O) groups excluding carboxylic acids is 1. The molecule has 1 unspecified atom stereocenters. The van der Waals surface area contributed by atoms with Crippen LogP contribution in [0.2, 0.25) is 0 Å². The molecule has 0 heterocycles. The van der Waals surface area contributed by atoms with Gasteiger partial charge in [0.1, 0.15) is 5.82 Å². The minimum Gasteiger partial charge on any atom is -0.493 e. The van der Waals surface area contributed by atoms with Crippen LogP contribution in [0.4, 0.5) is 4.39 Å². The lowest BCUT2D eigenvalue weighted by Gasteiger charge is -2.21. The van der Waals surface area contributed by atoms with Gasteiger partial charge in [-0.25, -0.2) is 4.39 Å². The molecular weight excluding hydrogens is 305 g/mol. The zero-order chi connectivity index (χ0) is 17.8. The van der Waals surface area contributed by atoms with E-state index in [1.807, 2.05) is 0 Å². The Morgan fingerprint density at radius 3 is 2.26 bits per heavy atom. The Morgan fingerprint density at radius 2 is 1.78 bits per heavy atom. The summed E-state index contributed by atoms with van der Waals surface area (Å²) in [4.78, 5) is 23.0. The molecule has 2 N–H and O–H groups in total. The van der Waals surface area contributed by atoms with Crippen LogP contribution in [0.3, 0.4) is 0 Å². The maximum absolute atomic E-state index is 14.1. The second kappa shape index (κ2) is 7.30. The number of methoxy groups -OCH3 is 2. The Morgan fingerprint density at radius 1 is 1.26 bits per heavy atom. The van der Waals surface area contributed by atoms with Crippen LogP contribution in [0.1, 0.15) is 38.8 Å². The number of hydrogen-bond donors (Lipinski definition) is 2. The van der Waals surface area contributed by atoms with E-state index in [4.69, 9.17) is 14.6 Å². The van der Waals surface area contributed by atoms with Gasteiger partial charge in [0.15, 0.2) is 11.5 Å². The van der Waals surface area contributed by atoms with Gasteiger partial charge in [-0.05, 0) is 26.8 Å². The third-order valence-electron chi connectivity index (χ3n) is 3.53. The third kappa shape index (κ3) is 4.58. The lowest BCUT2D eigenvalue weighted by Crippen LogP contribution is -2.34.